The second-order valence-electron chi connectivity index (χ2n) is 5.73. The number of nitrogens with zero attached hydrogens (tertiary/aromatic N) is 3. The maximum Gasteiger partial charge on any atom is 0.274 e. The maximum absolute atomic E-state index is 12.5. The Morgan fingerprint density at radius 2 is 2.00 bits per heavy atom. The lowest BCUT2D eigenvalue weighted by molar-refractivity contribution is 0.0613. The van der Waals surface area contributed by atoms with E-state index in [0.29, 0.717) is 11.4 Å². The molecule has 0 radical (unpaired) electrons. The van der Waals surface area contributed by atoms with Crippen LogP contribution in [0.2, 0.25) is 0 Å². The molecular formula is C16H22N4O. The van der Waals surface area contributed by atoms with Gasteiger partial charge in [-0.05, 0) is 38.5 Å². The van der Waals surface area contributed by atoms with Crippen LogP contribution in [0.1, 0.15) is 37.7 Å². The molecule has 0 aliphatic carbocycles. The summed E-state index contributed by atoms with van der Waals surface area (Å²) >= 11 is 0. The van der Waals surface area contributed by atoms with Crippen molar-refractivity contribution in [3.8, 4) is 5.69 Å². The van der Waals surface area contributed by atoms with Gasteiger partial charge >= 0.3 is 0 Å². The first kappa shape index (κ1) is 15.1. The van der Waals surface area contributed by atoms with Gasteiger partial charge in [0.2, 0.25) is 0 Å². The zero-order chi connectivity index (χ0) is 15.6. The molecule has 21 heavy (non-hydrogen) atoms. The van der Waals surface area contributed by atoms with Crippen LogP contribution in [0.25, 0.3) is 5.69 Å². The molecule has 0 saturated carbocycles. The van der Waals surface area contributed by atoms with Crippen molar-refractivity contribution in [3.63, 3.8) is 0 Å². The summed E-state index contributed by atoms with van der Waals surface area (Å²) in [5.74, 6) is -0.0879. The SMILES string of the molecule is CCC(C)(C)N(C)C(=O)c1ccn(-c2ccccc2N)n1. The van der Waals surface area contributed by atoms with E-state index in [1.54, 1.807) is 21.8 Å². The number of para-hydroxylation sites is 2. The summed E-state index contributed by atoms with van der Waals surface area (Å²) in [6, 6.07) is 9.16. The first-order valence-corrected chi connectivity index (χ1v) is 7.05. The molecule has 0 aliphatic heterocycles. The maximum atomic E-state index is 12.5. The molecule has 1 aromatic carbocycles. The summed E-state index contributed by atoms with van der Waals surface area (Å²) < 4.78 is 1.63. The smallest absolute Gasteiger partial charge is 0.274 e. The molecule has 2 N–H and O–H groups in total. The Bertz CT molecular complexity index is 645. The largest absolute Gasteiger partial charge is 0.397 e. The van der Waals surface area contributed by atoms with Crippen molar-refractivity contribution < 1.29 is 4.79 Å². The number of nitrogen functional groups attached to an aromatic ring is 1. The standard InChI is InChI=1S/C16H22N4O/c1-5-16(2,3)19(4)15(21)13-10-11-20(18-13)14-9-7-6-8-12(14)17/h6-11H,5,17H2,1-4H3. The fourth-order valence-electron chi connectivity index (χ4n) is 1.95. The van der Waals surface area contributed by atoms with Crippen LogP contribution in [0.5, 0.6) is 0 Å². The number of amides is 1. The molecule has 0 bridgehead atoms. The summed E-state index contributed by atoms with van der Waals surface area (Å²) in [6.45, 7) is 6.14. The summed E-state index contributed by atoms with van der Waals surface area (Å²) in [4.78, 5) is 14.2. The number of aromatic nitrogens is 2. The molecule has 0 saturated heterocycles. The average molecular weight is 286 g/mol. The van der Waals surface area contributed by atoms with E-state index in [-0.39, 0.29) is 11.4 Å². The van der Waals surface area contributed by atoms with Gasteiger partial charge in [-0.3, -0.25) is 4.79 Å². The second-order valence-corrected chi connectivity index (χ2v) is 5.73. The minimum atomic E-state index is -0.202. The molecule has 1 heterocycles. The van der Waals surface area contributed by atoms with Crippen molar-refractivity contribution in [1.82, 2.24) is 14.7 Å². The molecule has 0 unspecified atom stereocenters. The Morgan fingerprint density at radius 1 is 1.33 bits per heavy atom. The zero-order valence-electron chi connectivity index (χ0n) is 13.0. The summed E-state index contributed by atoms with van der Waals surface area (Å²) in [5.41, 5.74) is 7.55. The first-order valence-electron chi connectivity index (χ1n) is 7.05. The number of rotatable bonds is 4. The third kappa shape index (κ3) is 2.91. The third-order valence-electron chi connectivity index (χ3n) is 4.07. The highest BCUT2D eigenvalue weighted by molar-refractivity contribution is 5.92. The molecule has 1 aromatic heterocycles. The molecule has 0 atom stereocenters. The van der Waals surface area contributed by atoms with Gasteiger partial charge in [0.25, 0.3) is 5.91 Å². The molecule has 0 spiro atoms. The molecule has 112 valence electrons. The summed E-state index contributed by atoms with van der Waals surface area (Å²) in [7, 11) is 1.81. The molecule has 2 aromatic rings. The Balaban J connectivity index is 2.29. The van der Waals surface area contributed by atoms with E-state index >= 15 is 0 Å². The van der Waals surface area contributed by atoms with Gasteiger partial charge < -0.3 is 10.6 Å². The summed E-state index contributed by atoms with van der Waals surface area (Å²) in [6.07, 6.45) is 2.63. The van der Waals surface area contributed by atoms with Crippen molar-refractivity contribution in [2.45, 2.75) is 32.7 Å². The highest BCUT2D eigenvalue weighted by Gasteiger charge is 2.27. The fourth-order valence-corrected chi connectivity index (χ4v) is 1.95. The Labute approximate surface area is 125 Å². The van der Waals surface area contributed by atoms with E-state index in [9.17, 15) is 4.79 Å². The average Bonchev–Trinajstić information content (AvgIpc) is 2.95. The van der Waals surface area contributed by atoms with E-state index in [4.69, 9.17) is 5.73 Å². The highest BCUT2D eigenvalue weighted by atomic mass is 16.2. The van der Waals surface area contributed by atoms with Crippen molar-refractivity contribution in [2.24, 2.45) is 0 Å². The molecule has 0 aliphatic rings. The monoisotopic (exact) mass is 286 g/mol. The lowest BCUT2D eigenvalue weighted by atomic mass is 10.00. The fraction of sp³-hybridized carbons (Fsp3) is 0.375. The van der Waals surface area contributed by atoms with Crippen LogP contribution < -0.4 is 5.73 Å². The minimum Gasteiger partial charge on any atom is -0.397 e. The zero-order valence-corrected chi connectivity index (χ0v) is 13.0. The highest BCUT2D eigenvalue weighted by Crippen LogP contribution is 2.20. The van der Waals surface area contributed by atoms with Crippen molar-refractivity contribution in [3.05, 3.63) is 42.2 Å². The molecule has 0 fully saturated rings. The lowest BCUT2D eigenvalue weighted by Gasteiger charge is -2.34. The summed E-state index contributed by atoms with van der Waals surface area (Å²) in [5, 5.41) is 4.36. The molecular weight excluding hydrogens is 264 g/mol. The van der Waals surface area contributed by atoms with E-state index < -0.39 is 0 Å². The second kappa shape index (κ2) is 5.60. The first-order chi connectivity index (χ1) is 9.86. The number of hydrogen-bond acceptors (Lipinski definition) is 3. The van der Waals surface area contributed by atoms with Gasteiger partial charge in [-0.15, -0.1) is 0 Å². The number of benzene rings is 1. The quantitative estimate of drug-likeness (QED) is 0.879. The lowest BCUT2D eigenvalue weighted by Crippen LogP contribution is -2.44. The Kier molecular flexibility index (Phi) is 4.02. The third-order valence-corrected chi connectivity index (χ3v) is 4.07. The normalized spacial score (nSPS) is 11.4. The van der Waals surface area contributed by atoms with Crippen LogP contribution in [0, 0.1) is 0 Å². The number of hydrogen-bond donors (Lipinski definition) is 1. The number of carbonyl (C=O) groups is 1. The van der Waals surface area contributed by atoms with E-state index in [1.165, 1.54) is 0 Å². The van der Waals surface area contributed by atoms with Gasteiger partial charge in [-0.25, -0.2) is 4.68 Å². The van der Waals surface area contributed by atoms with Crippen molar-refractivity contribution in [2.75, 3.05) is 12.8 Å². The van der Waals surface area contributed by atoms with E-state index in [2.05, 4.69) is 12.0 Å². The van der Waals surface area contributed by atoms with E-state index in [1.807, 2.05) is 45.2 Å². The van der Waals surface area contributed by atoms with E-state index in [0.717, 1.165) is 12.1 Å². The molecule has 1 amide bonds. The van der Waals surface area contributed by atoms with Gasteiger partial charge in [0.05, 0.1) is 11.4 Å². The van der Waals surface area contributed by atoms with Crippen LogP contribution in [-0.4, -0.2) is 33.2 Å². The predicted molar refractivity (Wildman–Crippen MR) is 84.4 cm³/mol. The topological polar surface area (TPSA) is 64.2 Å². The van der Waals surface area contributed by atoms with Gasteiger partial charge in [-0.1, -0.05) is 19.1 Å². The van der Waals surface area contributed by atoms with Gasteiger partial charge in [0.15, 0.2) is 5.69 Å². The number of anilines is 1. The van der Waals surface area contributed by atoms with Gasteiger partial charge in [0, 0.05) is 18.8 Å². The molecule has 5 heteroatoms. The van der Waals surface area contributed by atoms with Crippen LogP contribution >= 0.6 is 0 Å². The number of nitrogens with two attached hydrogens (primary N) is 1. The van der Waals surface area contributed by atoms with Gasteiger partial charge in [0.1, 0.15) is 0 Å². The molecule has 5 nitrogen and oxygen atoms in total. The molecule has 2 rings (SSSR count). The van der Waals surface area contributed by atoms with Crippen molar-refractivity contribution >= 4 is 11.6 Å². The van der Waals surface area contributed by atoms with Crippen LogP contribution in [-0.2, 0) is 0 Å². The van der Waals surface area contributed by atoms with Crippen molar-refractivity contribution in [1.29, 1.82) is 0 Å². The predicted octanol–water partition coefficient (Wildman–Crippen LogP) is 2.72. The van der Waals surface area contributed by atoms with Crippen LogP contribution in [0.15, 0.2) is 36.5 Å². The Morgan fingerprint density at radius 3 is 2.62 bits per heavy atom. The van der Waals surface area contributed by atoms with Crippen LogP contribution in [0.4, 0.5) is 5.69 Å². The van der Waals surface area contributed by atoms with Gasteiger partial charge in [-0.2, -0.15) is 5.10 Å². The minimum absolute atomic E-state index is 0.0879. The number of carbonyl (C=O) groups excluding carboxylic acids is 1. The van der Waals surface area contributed by atoms with Crippen LogP contribution in [0.3, 0.4) is 0 Å². The Hall–Kier alpha value is -2.30.